The minimum absolute atomic E-state index is 0.237. The number of hydrogen-bond acceptors (Lipinski definition) is 2. The highest BCUT2D eigenvalue weighted by Gasteiger charge is 2.21. The molecule has 0 fully saturated rings. The van der Waals surface area contributed by atoms with Gasteiger partial charge in [0.2, 0.25) is 0 Å². The Balaban J connectivity index is 1.91. The third kappa shape index (κ3) is 2.30. The number of rotatable bonds is 2. The molecule has 0 spiro atoms. The SMILES string of the molecule is CCc1ccc2c(c1)NC(c1ccccc1C)CO2. The maximum atomic E-state index is 5.88. The molecule has 1 N–H and O–H groups in total. The zero-order valence-corrected chi connectivity index (χ0v) is 11.4. The number of hydrogen-bond donors (Lipinski definition) is 1. The molecule has 2 aromatic rings. The van der Waals surface area contributed by atoms with Crippen molar-refractivity contribution in [2.45, 2.75) is 26.3 Å². The molecule has 1 aliphatic heterocycles. The van der Waals surface area contributed by atoms with E-state index < -0.39 is 0 Å². The van der Waals surface area contributed by atoms with E-state index in [2.05, 4.69) is 61.6 Å². The fourth-order valence-corrected chi connectivity index (χ4v) is 2.58. The van der Waals surface area contributed by atoms with Gasteiger partial charge in [0, 0.05) is 0 Å². The van der Waals surface area contributed by atoms with E-state index in [-0.39, 0.29) is 6.04 Å². The van der Waals surface area contributed by atoms with E-state index in [4.69, 9.17) is 4.74 Å². The molecule has 1 aliphatic rings. The van der Waals surface area contributed by atoms with Crippen LogP contribution in [0.1, 0.15) is 29.7 Å². The Morgan fingerprint density at radius 1 is 1.21 bits per heavy atom. The van der Waals surface area contributed by atoms with Gasteiger partial charge in [-0.15, -0.1) is 0 Å². The second-order valence-electron chi connectivity index (χ2n) is 5.05. The summed E-state index contributed by atoms with van der Waals surface area (Å²) in [6.45, 7) is 5.00. The van der Waals surface area contributed by atoms with E-state index in [9.17, 15) is 0 Å². The summed E-state index contributed by atoms with van der Waals surface area (Å²) in [5.41, 5.74) is 5.06. The average molecular weight is 253 g/mol. The van der Waals surface area contributed by atoms with Crippen molar-refractivity contribution in [3.63, 3.8) is 0 Å². The summed E-state index contributed by atoms with van der Waals surface area (Å²) in [6.07, 6.45) is 1.05. The van der Waals surface area contributed by atoms with Gasteiger partial charge in [0.1, 0.15) is 12.4 Å². The van der Waals surface area contributed by atoms with Gasteiger partial charge in [-0.2, -0.15) is 0 Å². The van der Waals surface area contributed by atoms with Crippen LogP contribution in [0.3, 0.4) is 0 Å². The normalized spacial score (nSPS) is 17.3. The van der Waals surface area contributed by atoms with Crippen LogP contribution in [0.2, 0.25) is 0 Å². The van der Waals surface area contributed by atoms with Crippen molar-refractivity contribution < 1.29 is 4.74 Å². The van der Waals surface area contributed by atoms with Gasteiger partial charge in [-0.25, -0.2) is 0 Å². The lowest BCUT2D eigenvalue weighted by Crippen LogP contribution is -2.24. The molecular weight excluding hydrogens is 234 g/mol. The lowest BCUT2D eigenvalue weighted by Gasteiger charge is -2.29. The Bertz CT molecular complexity index is 592. The monoisotopic (exact) mass is 253 g/mol. The standard InChI is InChI=1S/C17H19NO/c1-3-13-8-9-17-15(10-13)18-16(11-19-17)14-7-5-4-6-12(14)2/h4-10,16,18H,3,11H2,1-2H3. The number of benzene rings is 2. The highest BCUT2D eigenvalue weighted by Crippen LogP contribution is 2.35. The van der Waals surface area contributed by atoms with Crippen molar-refractivity contribution in [3.8, 4) is 5.75 Å². The first-order chi connectivity index (χ1) is 9.28. The Morgan fingerprint density at radius 3 is 2.84 bits per heavy atom. The van der Waals surface area contributed by atoms with Gasteiger partial charge in [0.15, 0.2) is 0 Å². The minimum atomic E-state index is 0.237. The van der Waals surface area contributed by atoms with Crippen molar-refractivity contribution in [1.82, 2.24) is 0 Å². The predicted molar refractivity (Wildman–Crippen MR) is 78.9 cm³/mol. The first-order valence-electron chi connectivity index (χ1n) is 6.85. The van der Waals surface area contributed by atoms with E-state index in [1.807, 2.05) is 0 Å². The van der Waals surface area contributed by atoms with E-state index in [1.54, 1.807) is 0 Å². The molecular formula is C17H19NO. The van der Waals surface area contributed by atoms with Crippen LogP contribution in [0.25, 0.3) is 0 Å². The van der Waals surface area contributed by atoms with Crippen LogP contribution < -0.4 is 10.1 Å². The zero-order chi connectivity index (χ0) is 13.2. The minimum Gasteiger partial charge on any atom is -0.489 e. The molecule has 1 heterocycles. The van der Waals surface area contributed by atoms with E-state index in [0.29, 0.717) is 6.61 Å². The molecule has 2 heteroatoms. The Kier molecular flexibility index (Phi) is 3.16. The van der Waals surface area contributed by atoms with E-state index >= 15 is 0 Å². The molecule has 98 valence electrons. The van der Waals surface area contributed by atoms with Gasteiger partial charge < -0.3 is 10.1 Å². The molecule has 0 aliphatic carbocycles. The molecule has 0 radical (unpaired) electrons. The molecule has 3 rings (SSSR count). The second-order valence-corrected chi connectivity index (χ2v) is 5.05. The number of ether oxygens (including phenoxy) is 1. The van der Waals surface area contributed by atoms with E-state index in [0.717, 1.165) is 17.9 Å². The summed E-state index contributed by atoms with van der Waals surface area (Å²) in [6, 6.07) is 15.1. The van der Waals surface area contributed by atoms with Crippen molar-refractivity contribution in [2.75, 3.05) is 11.9 Å². The van der Waals surface area contributed by atoms with Crippen LogP contribution in [0, 0.1) is 6.92 Å². The smallest absolute Gasteiger partial charge is 0.142 e. The number of fused-ring (bicyclic) bond motifs is 1. The van der Waals surface area contributed by atoms with Gasteiger partial charge in [-0.1, -0.05) is 37.3 Å². The Morgan fingerprint density at radius 2 is 2.05 bits per heavy atom. The molecule has 0 bridgehead atoms. The fraction of sp³-hybridized carbons (Fsp3) is 0.294. The molecule has 0 saturated heterocycles. The Labute approximate surface area is 114 Å². The fourth-order valence-electron chi connectivity index (χ4n) is 2.58. The highest BCUT2D eigenvalue weighted by molar-refractivity contribution is 5.61. The van der Waals surface area contributed by atoms with Crippen LogP contribution in [-0.2, 0) is 6.42 Å². The van der Waals surface area contributed by atoms with Crippen LogP contribution in [0.5, 0.6) is 5.75 Å². The summed E-state index contributed by atoms with van der Waals surface area (Å²) < 4.78 is 5.88. The molecule has 1 atom stereocenters. The second kappa shape index (κ2) is 4.96. The van der Waals surface area contributed by atoms with Crippen molar-refractivity contribution in [2.24, 2.45) is 0 Å². The van der Waals surface area contributed by atoms with Crippen LogP contribution in [0.4, 0.5) is 5.69 Å². The molecule has 2 nitrogen and oxygen atoms in total. The number of aryl methyl sites for hydroxylation is 2. The van der Waals surface area contributed by atoms with Crippen LogP contribution >= 0.6 is 0 Å². The molecule has 2 aromatic carbocycles. The maximum absolute atomic E-state index is 5.88. The lowest BCUT2D eigenvalue weighted by atomic mass is 10.00. The molecule has 0 aromatic heterocycles. The molecule has 0 amide bonds. The maximum Gasteiger partial charge on any atom is 0.142 e. The summed E-state index contributed by atoms with van der Waals surface area (Å²) in [7, 11) is 0. The summed E-state index contributed by atoms with van der Waals surface area (Å²) in [5.74, 6) is 0.960. The zero-order valence-electron chi connectivity index (χ0n) is 11.4. The van der Waals surface area contributed by atoms with Crippen molar-refractivity contribution in [1.29, 1.82) is 0 Å². The first kappa shape index (κ1) is 12.1. The van der Waals surface area contributed by atoms with E-state index in [1.165, 1.54) is 16.7 Å². The van der Waals surface area contributed by atoms with Crippen LogP contribution in [0.15, 0.2) is 42.5 Å². The number of anilines is 1. The van der Waals surface area contributed by atoms with Crippen molar-refractivity contribution in [3.05, 3.63) is 59.2 Å². The molecule has 0 saturated carbocycles. The van der Waals surface area contributed by atoms with Gasteiger partial charge in [-0.3, -0.25) is 0 Å². The average Bonchev–Trinajstić information content (AvgIpc) is 2.46. The van der Waals surface area contributed by atoms with Crippen molar-refractivity contribution >= 4 is 5.69 Å². The highest BCUT2D eigenvalue weighted by atomic mass is 16.5. The third-order valence-corrected chi connectivity index (χ3v) is 3.75. The summed E-state index contributed by atoms with van der Waals surface area (Å²) in [4.78, 5) is 0. The summed E-state index contributed by atoms with van der Waals surface area (Å²) in [5, 5.41) is 3.60. The van der Waals surface area contributed by atoms with Gasteiger partial charge in [-0.05, 0) is 42.2 Å². The first-order valence-corrected chi connectivity index (χ1v) is 6.85. The number of nitrogens with one attached hydrogen (secondary N) is 1. The van der Waals surface area contributed by atoms with Gasteiger partial charge in [0.05, 0.1) is 11.7 Å². The van der Waals surface area contributed by atoms with Gasteiger partial charge in [0.25, 0.3) is 0 Å². The quantitative estimate of drug-likeness (QED) is 0.870. The predicted octanol–water partition coefficient (Wildman–Crippen LogP) is 4.10. The summed E-state index contributed by atoms with van der Waals surface area (Å²) >= 11 is 0. The van der Waals surface area contributed by atoms with Gasteiger partial charge >= 0.3 is 0 Å². The molecule has 19 heavy (non-hydrogen) atoms. The lowest BCUT2D eigenvalue weighted by molar-refractivity contribution is 0.286. The topological polar surface area (TPSA) is 21.3 Å². The third-order valence-electron chi connectivity index (χ3n) is 3.75. The molecule has 1 unspecified atom stereocenters. The largest absolute Gasteiger partial charge is 0.489 e. The van der Waals surface area contributed by atoms with Crippen LogP contribution in [-0.4, -0.2) is 6.61 Å². The Hall–Kier alpha value is -1.96.